The molecule has 2 N–H and O–H groups in total. The van der Waals surface area contributed by atoms with Crippen LogP contribution >= 0.6 is 11.6 Å². The topological polar surface area (TPSA) is 110 Å². The number of para-hydroxylation sites is 1. The molecule has 1 fully saturated rings. The maximum atomic E-state index is 14.5. The number of carbonyl (C=O) groups is 2. The fourth-order valence-electron chi connectivity index (χ4n) is 3.73. The number of carbonyl (C=O) groups excluding carboxylic acids is 2. The first-order valence-electron chi connectivity index (χ1n) is 11.3. The number of halogens is 3. The van der Waals surface area contributed by atoms with Crippen LogP contribution in [0.15, 0.2) is 65.7 Å². The van der Waals surface area contributed by atoms with E-state index in [2.05, 4.69) is 32.4 Å². The van der Waals surface area contributed by atoms with Crippen molar-refractivity contribution in [1.82, 2.24) is 20.1 Å². The first-order valence-corrected chi connectivity index (χ1v) is 11.7. The van der Waals surface area contributed by atoms with Crippen LogP contribution in [0.2, 0.25) is 5.02 Å². The van der Waals surface area contributed by atoms with Crippen LogP contribution in [-0.4, -0.2) is 52.6 Å². The Morgan fingerprint density at radius 1 is 1.05 bits per heavy atom. The van der Waals surface area contributed by atoms with Gasteiger partial charge in [0.25, 0.3) is 11.8 Å². The molecule has 5 rings (SSSR count). The number of pyridine rings is 1. The lowest BCUT2D eigenvalue weighted by atomic mass is 10.1. The number of aliphatic imine (C=N–C) groups is 1. The zero-order valence-electron chi connectivity index (χ0n) is 19.6. The second-order valence-electron chi connectivity index (χ2n) is 8.30. The van der Waals surface area contributed by atoms with Crippen molar-refractivity contribution < 1.29 is 23.1 Å². The third-order valence-corrected chi connectivity index (χ3v) is 6.03. The largest absolute Gasteiger partial charge is 0.377 e. The van der Waals surface area contributed by atoms with Gasteiger partial charge in [-0.1, -0.05) is 35.9 Å². The van der Waals surface area contributed by atoms with E-state index in [4.69, 9.17) is 16.3 Å². The van der Waals surface area contributed by atoms with E-state index in [0.29, 0.717) is 25.0 Å². The van der Waals surface area contributed by atoms with E-state index >= 15 is 0 Å². The van der Waals surface area contributed by atoms with Gasteiger partial charge in [0.1, 0.15) is 11.5 Å². The molecule has 0 atom stereocenters. The van der Waals surface area contributed by atoms with Crippen molar-refractivity contribution in [1.29, 1.82) is 0 Å². The minimum Gasteiger partial charge on any atom is -0.377 e. The molecule has 0 unspecified atom stereocenters. The number of rotatable bonds is 7. The number of aromatic nitrogens is 3. The summed E-state index contributed by atoms with van der Waals surface area (Å²) in [5.74, 6) is -3.17. The van der Waals surface area contributed by atoms with E-state index in [1.165, 1.54) is 28.9 Å². The molecular formula is C26H19ClF2N6O3. The van der Waals surface area contributed by atoms with Crippen LogP contribution < -0.4 is 10.6 Å². The molecule has 1 aliphatic heterocycles. The highest BCUT2D eigenvalue weighted by atomic mass is 35.5. The van der Waals surface area contributed by atoms with Gasteiger partial charge in [-0.25, -0.2) is 23.4 Å². The molecule has 2 amide bonds. The van der Waals surface area contributed by atoms with Crippen molar-refractivity contribution in [2.24, 2.45) is 4.99 Å². The Hall–Kier alpha value is -4.48. The molecule has 3 heterocycles. The Labute approximate surface area is 220 Å². The molecule has 0 saturated carbocycles. The van der Waals surface area contributed by atoms with Crippen molar-refractivity contribution in [2.75, 3.05) is 18.5 Å². The third kappa shape index (κ3) is 5.01. The molecule has 0 aliphatic carbocycles. The number of amides is 2. The molecule has 0 bridgehead atoms. The number of anilines is 1. The molecule has 38 heavy (non-hydrogen) atoms. The summed E-state index contributed by atoms with van der Waals surface area (Å²) in [6.07, 6.45) is 0. The summed E-state index contributed by atoms with van der Waals surface area (Å²) >= 11 is 6.30. The molecular weight excluding hydrogens is 518 g/mol. The highest BCUT2D eigenvalue weighted by Gasteiger charge is 2.25. The summed E-state index contributed by atoms with van der Waals surface area (Å²) in [7, 11) is 0. The second kappa shape index (κ2) is 10.5. The summed E-state index contributed by atoms with van der Waals surface area (Å²) in [4.78, 5) is 33.3. The van der Waals surface area contributed by atoms with Crippen LogP contribution in [0.3, 0.4) is 0 Å². The van der Waals surface area contributed by atoms with Crippen LogP contribution in [0.25, 0.3) is 16.9 Å². The van der Waals surface area contributed by atoms with Crippen molar-refractivity contribution >= 4 is 41.8 Å². The van der Waals surface area contributed by atoms with Crippen molar-refractivity contribution in [3.8, 4) is 16.9 Å². The van der Waals surface area contributed by atoms with E-state index in [9.17, 15) is 18.4 Å². The zero-order chi connectivity index (χ0) is 26.8. The molecule has 2 aromatic carbocycles. The number of hydrogen-bond acceptors (Lipinski definition) is 6. The van der Waals surface area contributed by atoms with Crippen molar-refractivity contribution in [3.63, 3.8) is 0 Å². The number of hydrogen-bond donors (Lipinski definition) is 2. The van der Waals surface area contributed by atoms with Crippen LogP contribution in [-0.2, 0) is 4.74 Å². The number of nitrogens with one attached hydrogen (secondary N) is 2. The summed E-state index contributed by atoms with van der Waals surface area (Å²) < 4.78 is 34.8. The maximum absolute atomic E-state index is 14.5. The molecule has 4 aromatic rings. The van der Waals surface area contributed by atoms with E-state index in [1.807, 2.05) is 6.07 Å². The molecule has 0 radical (unpaired) electrons. The van der Waals surface area contributed by atoms with Gasteiger partial charge in [-0.2, -0.15) is 5.10 Å². The normalized spacial score (nSPS) is 13.0. The maximum Gasteiger partial charge on any atom is 0.272 e. The summed E-state index contributed by atoms with van der Waals surface area (Å²) in [5, 5.41) is 9.97. The minimum atomic E-state index is -0.966. The molecule has 1 aliphatic rings. The van der Waals surface area contributed by atoms with Gasteiger partial charge in [-0.15, -0.1) is 0 Å². The van der Waals surface area contributed by atoms with Gasteiger partial charge in [0.15, 0.2) is 23.1 Å². The Morgan fingerprint density at radius 3 is 2.50 bits per heavy atom. The van der Waals surface area contributed by atoms with Crippen LogP contribution in [0, 0.1) is 11.6 Å². The summed E-state index contributed by atoms with van der Waals surface area (Å²) in [6.45, 7) is 4.06. The quantitative estimate of drug-likeness (QED) is 0.336. The van der Waals surface area contributed by atoms with Crippen molar-refractivity contribution in [2.45, 2.75) is 6.04 Å². The van der Waals surface area contributed by atoms with E-state index < -0.39 is 23.4 Å². The van der Waals surface area contributed by atoms with Gasteiger partial charge in [-0.3, -0.25) is 9.59 Å². The van der Waals surface area contributed by atoms with Crippen LogP contribution in [0.4, 0.5) is 20.4 Å². The predicted molar refractivity (Wildman–Crippen MR) is 137 cm³/mol. The Kier molecular flexibility index (Phi) is 6.95. The van der Waals surface area contributed by atoms with Gasteiger partial charge in [-0.05, 0) is 31.0 Å². The van der Waals surface area contributed by atoms with E-state index in [1.54, 1.807) is 24.3 Å². The lowest BCUT2D eigenvalue weighted by Gasteiger charge is -2.26. The van der Waals surface area contributed by atoms with Gasteiger partial charge in [0.05, 0.1) is 35.5 Å². The van der Waals surface area contributed by atoms with E-state index in [0.717, 1.165) is 0 Å². The molecule has 1 saturated heterocycles. The molecule has 12 heteroatoms. The van der Waals surface area contributed by atoms with Gasteiger partial charge >= 0.3 is 0 Å². The predicted octanol–water partition coefficient (Wildman–Crippen LogP) is 4.58. The lowest BCUT2D eigenvalue weighted by Crippen LogP contribution is -2.48. The highest BCUT2D eigenvalue weighted by molar-refractivity contribution is 6.34. The molecule has 9 nitrogen and oxygen atoms in total. The number of nitrogens with zero attached hydrogens (tertiary/aromatic N) is 4. The Balaban J connectivity index is 1.48. The number of benzene rings is 2. The average molecular weight is 537 g/mol. The first-order chi connectivity index (χ1) is 18.3. The highest BCUT2D eigenvalue weighted by Crippen LogP contribution is 2.30. The van der Waals surface area contributed by atoms with Crippen LogP contribution in [0.1, 0.15) is 20.8 Å². The summed E-state index contributed by atoms with van der Waals surface area (Å²) in [6, 6.07) is 15.0. The smallest absolute Gasteiger partial charge is 0.272 e. The summed E-state index contributed by atoms with van der Waals surface area (Å²) in [5.41, 5.74) is 0.601. The Bertz CT molecular complexity index is 1560. The third-order valence-electron chi connectivity index (χ3n) is 5.70. The van der Waals surface area contributed by atoms with Gasteiger partial charge in [0, 0.05) is 17.7 Å². The van der Waals surface area contributed by atoms with Gasteiger partial charge < -0.3 is 15.4 Å². The fraction of sp³-hybridized carbons (Fsp3) is 0.115. The monoisotopic (exact) mass is 536 g/mol. The van der Waals surface area contributed by atoms with Crippen molar-refractivity contribution in [3.05, 3.63) is 88.6 Å². The number of ether oxygens (including phenoxy) is 1. The lowest BCUT2D eigenvalue weighted by molar-refractivity contribution is -0.00355. The Morgan fingerprint density at radius 2 is 1.82 bits per heavy atom. The minimum absolute atomic E-state index is 0.0127. The molecule has 0 spiro atoms. The van der Waals surface area contributed by atoms with Crippen LogP contribution in [0.5, 0.6) is 0 Å². The second-order valence-corrected chi connectivity index (χ2v) is 8.71. The fourth-order valence-corrected chi connectivity index (χ4v) is 3.93. The van der Waals surface area contributed by atoms with Gasteiger partial charge in [0.2, 0.25) is 0 Å². The SMILES string of the molecule is C=Nc1nc(-c2ccc(Cl)c(C(=O)Nc3cc(C(=O)NC4COC4)nn3-c3ccccc3)c2)c(F)cc1F. The first kappa shape index (κ1) is 25.2. The zero-order valence-corrected chi connectivity index (χ0v) is 20.4. The molecule has 2 aromatic heterocycles. The molecule has 192 valence electrons. The average Bonchev–Trinajstić information content (AvgIpc) is 3.31. The van der Waals surface area contributed by atoms with E-state index in [-0.39, 0.29) is 45.2 Å². The standard InChI is InChI=1S/C26H19ClF2N6O3/c1-30-24-20(29)10-19(28)23(33-24)14-7-8-18(27)17(9-14)25(36)32-22-11-21(26(37)31-15-12-38-13-15)34-35(22)16-5-3-2-4-6-16/h2-11,15H,1,12-13H2,(H,31,37)(H,32,36).